The molecule has 5 heteroatoms. The first kappa shape index (κ1) is 14.1. The maximum absolute atomic E-state index is 13.3. The van der Waals surface area contributed by atoms with Crippen molar-refractivity contribution in [3.63, 3.8) is 0 Å². The molecule has 1 aromatic carbocycles. The molecule has 0 saturated carbocycles. The highest BCUT2D eigenvalue weighted by Gasteiger charge is 2.10. The van der Waals surface area contributed by atoms with Crippen LogP contribution in [0.2, 0.25) is 0 Å². The van der Waals surface area contributed by atoms with Crippen LogP contribution in [0.1, 0.15) is 25.8 Å². The summed E-state index contributed by atoms with van der Waals surface area (Å²) in [7, 11) is 0. The SMILES string of the molecule is CC(C)NCCC(=O)Nc1cccc(F)c1C#N. The van der Waals surface area contributed by atoms with E-state index in [-0.39, 0.29) is 23.6 Å². The van der Waals surface area contributed by atoms with Gasteiger partial charge >= 0.3 is 0 Å². The van der Waals surface area contributed by atoms with Gasteiger partial charge in [0.1, 0.15) is 17.4 Å². The van der Waals surface area contributed by atoms with Crippen molar-refractivity contribution in [3.05, 3.63) is 29.6 Å². The second kappa shape index (κ2) is 6.72. The van der Waals surface area contributed by atoms with Crippen LogP contribution in [0.3, 0.4) is 0 Å². The molecule has 0 unspecified atom stereocenters. The first-order chi connectivity index (χ1) is 8.54. The summed E-state index contributed by atoms with van der Waals surface area (Å²) in [5, 5.41) is 14.4. The van der Waals surface area contributed by atoms with Crippen LogP contribution in [-0.4, -0.2) is 18.5 Å². The summed E-state index contributed by atoms with van der Waals surface area (Å²) in [5.74, 6) is -0.874. The normalized spacial score (nSPS) is 10.2. The number of carbonyl (C=O) groups excluding carboxylic acids is 1. The fourth-order valence-corrected chi connectivity index (χ4v) is 1.43. The quantitative estimate of drug-likeness (QED) is 0.839. The molecule has 1 amide bonds. The van der Waals surface area contributed by atoms with Gasteiger partial charge in [0.15, 0.2) is 0 Å². The molecule has 0 radical (unpaired) electrons. The van der Waals surface area contributed by atoms with E-state index in [1.807, 2.05) is 13.8 Å². The summed E-state index contributed by atoms with van der Waals surface area (Å²) in [6, 6.07) is 6.20. The standard InChI is InChI=1S/C13H16FN3O/c1-9(2)16-7-6-13(18)17-12-5-3-4-11(14)10(12)8-15/h3-5,9,16H,6-7H2,1-2H3,(H,17,18). The highest BCUT2D eigenvalue weighted by Crippen LogP contribution is 2.17. The number of halogens is 1. The number of anilines is 1. The molecule has 1 aromatic rings. The zero-order valence-corrected chi connectivity index (χ0v) is 10.5. The Kier molecular flexibility index (Phi) is 5.28. The predicted molar refractivity (Wildman–Crippen MR) is 67.5 cm³/mol. The molecule has 18 heavy (non-hydrogen) atoms. The average Bonchev–Trinajstić information content (AvgIpc) is 2.28. The summed E-state index contributed by atoms with van der Waals surface area (Å²) in [4.78, 5) is 11.6. The second-order valence-corrected chi connectivity index (χ2v) is 4.18. The Hall–Kier alpha value is -1.93. The van der Waals surface area contributed by atoms with E-state index >= 15 is 0 Å². The van der Waals surface area contributed by atoms with Crippen LogP contribution in [0.5, 0.6) is 0 Å². The summed E-state index contributed by atoms with van der Waals surface area (Å²) in [6.45, 7) is 4.51. The van der Waals surface area contributed by atoms with Crippen LogP contribution in [0.4, 0.5) is 10.1 Å². The molecule has 0 heterocycles. The minimum Gasteiger partial charge on any atom is -0.325 e. The molecule has 0 fully saturated rings. The van der Waals surface area contributed by atoms with Crippen molar-refractivity contribution in [2.75, 3.05) is 11.9 Å². The molecule has 0 saturated heterocycles. The van der Waals surface area contributed by atoms with Gasteiger partial charge in [-0.1, -0.05) is 19.9 Å². The van der Waals surface area contributed by atoms with E-state index < -0.39 is 5.82 Å². The monoisotopic (exact) mass is 249 g/mol. The van der Waals surface area contributed by atoms with Crippen molar-refractivity contribution >= 4 is 11.6 Å². The van der Waals surface area contributed by atoms with E-state index in [1.54, 1.807) is 6.07 Å². The molecule has 2 N–H and O–H groups in total. The highest BCUT2D eigenvalue weighted by atomic mass is 19.1. The van der Waals surface area contributed by atoms with Crippen LogP contribution < -0.4 is 10.6 Å². The third kappa shape index (κ3) is 4.15. The van der Waals surface area contributed by atoms with E-state index in [2.05, 4.69) is 10.6 Å². The Balaban J connectivity index is 2.60. The zero-order chi connectivity index (χ0) is 13.5. The van der Waals surface area contributed by atoms with Crippen LogP contribution in [-0.2, 0) is 4.79 Å². The minimum absolute atomic E-state index is 0.136. The van der Waals surface area contributed by atoms with Crippen molar-refractivity contribution in [1.29, 1.82) is 5.26 Å². The number of carbonyl (C=O) groups is 1. The first-order valence-electron chi connectivity index (χ1n) is 5.76. The Morgan fingerprint density at radius 1 is 1.50 bits per heavy atom. The van der Waals surface area contributed by atoms with Gasteiger partial charge in [0.05, 0.1) is 5.69 Å². The third-order valence-corrected chi connectivity index (χ3v) is 2.30. The molecule has 4 nitrogen and oxygen atoms in total. The van der Waals surface area contributed by atoms with E-state index in [9.17, 15) is 9.18 Å². The number of benzene rings is 1. The van der Waals surface area contributed by atoms with Gasteiger partial charge in [-0.3, -0.25) is 4.79 Å². The molecule has 1 rings (SSSR count). The first-order valence-corrected chi connectivity index (χ1v) is 5.76. The van der Waals surface area contributed by atoms with Gasteiger partial charge in [0.25, 0.3) is 0 Å². The fourth-order valence-electron chi connectivity index (χ4n) is 1.43. The van der Waals surface area contributed by atoms with E-state index in [0.29, 0.717) is 12.6 Å². The van der Waals surface area contributed by atoms with Crippen molar-refractivity contribution in [2.24, 2.45) is 0 Å². The number of hydrogen-bond acceptors (Lipinski definition) is 3. The Morgan fingerprint density at radius 3 is 2.83 bits per heavy atom. The van der Waals surface area contributed by atoms with Gasteiger partial charge < -0.3 is 10.6 Å². The van der Waals surface area contributed by atoms with Gasteiger partial charge in [-0.15, -0.1) is 0 Å². The lowest BCUT2D eigenvalue weighted by Crippen LogP contribution is -2.27. The maximum Gasteiger partial charge on any atom is 0.225 e. The summed E-state index contributed by atoms with van der Waals surface area (Å²) in [5.41, 5.74) is 0.0784. The molecule has 0 spiro atoms. The molecule has 0 aliphatic heterocycles. The number of rotatable bonds is 5. The average molecular weight is 249 g/mol. The van der Waals surface area contributed by atoms with E-state index in [4.69, 9.17) is 5.26 Å². The zero-order valence-electron chi connectivity index (χ0n) is 10.5. The topological polar surface area (TPSA) is 64.9 Å². The van der Waals surface area contributed by atoms with Gasteiger partial charge in [-0.2, -0.15) is 5.26 Å². The minimum atomic E-state index is -0.629. The van der Waals surface area contributed by atoms with Crippen molar-refractivity contribution in [3.8, 4) is 6.07 Å². The van der Waals surface area contributed by atoms with Crippen LogP contribution >= 0.6 is 0 Å². The molecule has 0 aliphatic rings. The summed E-state index contributed by atoms with van der Waals surface area (Å²) >= 11 is 0. The van der Waals surface area contributed by atoms with Crippen LogP contribution in [0.25, 0.3) is 0 Å². The van der Waals surface area contributed by atoms with Crippen LogP contribution in [0, 0.1) is 17.1 Å². The van der Waals surface area contributed by atoms with Crippen molar-refractivity contribution in [2.45, 2.75) is 26.3 Å². The largest absolute Gasteiger partial charge is 0.325 e. The van der Waals surface area contributed by atoms with Crippen LogP contribution in [0.15, 0.2) is 18.2 Å². The molecule has 0 aromatic heterocycles. The third-order valence-electron chi connectivity index (χ3n) is 2.30. The maximum atomic E-state index is 13.3. The molecular weight excluding hydrogens is 233 g/mol. The number of amides is 1. The van der Waals surface area contributed by atoms with E-state index in [1.165, 1.54) is 18.2 Å². The fraction of sp³-hybridized carbons (Fsp3) is 0.385. The van der Waals surface area contributed by atoms with Crippen molar-refractivity contribution < 1.29 is 9.18 Å². The summed E-state index contributed by atoms with van der Waals surface area (Å²) < 4.78 is 13.3. The number of nitrogens with one attached hydrogen (secondary N) is 2. The molecule has 0 bridgehead atoms. The molecule has 0 aliphatic carbocycles. The van der Waals surface area contributed by atoms with Gasteiger partial charge in [-0.25, -0.2) is 4.39 Å². The molecule has 0 atom stereocenters. The lowest BCUT2D eigenvalue weighted by Gasteiger charge is -2.09. The smallest absolute Gasteiger partial charge is 0.225 e. The van der Waals surface area contributed by atoms with Crippen molar-refractivity contribution in [1.82, 2.24) is 5.32 Å². The summed E-state index contributed by atoms with van der Waals surface area (Å²) in [6.07, 6.45) is 0.277. The molecular formula is C13H16FN3O. The Morgan fingerprint density at radius 2 is 2.22 bits per heavy atom. The van der Waals surface area contributed by atoms with Gasteiger partial charge in [-0.05, 0) is 12.1 Å². The number of hydrogen-bond donors (Lipinski definition) is 2. The van der Waals surface area contributed by atoms with E-state index in [0.717, 1.165) is 0 Å². The predicted octanol–water partition coefficient (Wildman–Crippen LogP) is 2.02. The lowest BCUT2D eigenvalue weighted by molar-refractivity contribution is -0.116. The highest BCUT2D eigenvalue weighted by molar-refractivity contribution is 5.92. The van der Waals surface area contributed by atoms with Gasteiger partial charge in [0, 0.05) is 19.0 Å². The number of nitriles is 1. The second-order valence-electron chi connectivity index (χ2n) is 4.18. The Labute approximate surface area is 106 Å². The lowest BCUT2D eigenvalue weighted by atomic mass is 10.2. The van der Waals surface area contributed by atoms with Gasteiger partial charge in [0.2, 0.25) is 5.91 Å². The molecule has 96 valence electrons. The number of nitrogens with zero attached hydrogens (tertiary/aromatic N) is 1. The Bertz CT molecular complexity index is 466.